The van der Waals surface area contributed by atoms with Crippen LogP contribution in [0.2, 0.25) is 5.02 Å². The van der Waals surface area contributed by atoms with E-state index in [1.54, 1.807) is 17.0 Å². The lowest BCUT2D eigenvalue weighted by molar-refractivity contribution is 0.0600. The van der Waals surface area contributed by atoms with E-state index in [1.807, 2.05) is 13.0 Å². The Labute approximate surface area is 132 Å². The van der Waals surface area contributed by atoms with Crippen molar-refractivity contribution in [2.24, 2.45) is 0 Å². The molecule has 0 aliphatic carbocycles. The number of likely N-dealkylation sites (tertiary alicyclic amines) is 1. The highest BCUT2D eigenvalue weighted by Crippen LogP contribution is 2.31. The third kappa shape index (κ3) is 2.78. The van der Waals surface area contributed by atoms with Crippen LogP contribution in [-0.4, -0.2) is 32.5 Å². The molecule has 7 heteroatoms. The Morgan fingerprint density at radius 1 is 1.41 bits per heavy atom. The highest BCUT2D eigenvalue weighted by Gasteiger charge is 2.31. The number of aromatic nitrogens is 3. The number of halogens is 1. The molecule has 2 heterocycles. The van der Waals surface area contributed by atoms with Gasteiger partial charge in [-0.15, -0.1) is 0 Å². The number of nitrogens with zero attached hydrogens (tertiary/aromatic N) is 2. The molecule has 0 bridgehead atoms. The van der Waals surface area contributed by atoms with E-state index in [0.29, 0.717) is 23.0 Å². The Hall–Kier alpha value is -2.08. The predicted molar refractivity (Wildman–Crippen MR) is 83.0 cm³/mol. The molecule has 6 nitrogen and oxygen atoms in total. The third-order valence-corrected chi connectivity index (χ3v) is 4.27. The molecular formula is C15H17ClN4O2. The van der Waals surface area contributed by atoms with Gasteiger partial charge in [-0.1, -0.05) is 17.7 Å². The lowest BCUT2D eigenvalue weighted by atomic mass is 10.00. The number of nitrogens with one attached hydrogen (secondary N) is 2. The molecule has 1 atom stereocenters. The van der Waals surface area contributed by atoms with E-state index in [-0.39, 0.29) is 17.6 Å². The number of aromatic amines is 2. The lowest BCUT2D eigenvalue weighted by Gasteiger charge is -2.34. The zero-order chi connectivity index (χ0) is 15.7. The second kappa shape index (κ2) is 5.96. The molecule has 2 N–H and O–H groups in total. The molecule has 0 radical (unpaired) electrons. The van der Waals surface area contributed by atoms with Gasteiger partial charge in [0.15, 0.2) is 5.82 Å². The number of H-pyrrole nitrogens is 2. The van der Waals surface area contributed by atoms with E-state index < -0.39 is 0 Å². The second-order valence-electron chi connectivity index (χ2n) is 5.56. The van der Waals surface area contributed by atoms with Gasteiger partial charge in [0.05, 0.1) is 16.6 Å². The minimum absolute atomic E-state index is 0.126. The van der Waals surface area contributed by atoms with Gasteiger partial charge in [-0.05, 0) is 43.9 Å². The van der Waals surface area contributed by atoms with Gasteiger partial charge in [0, 0.05) is 6.54 Å². The molecular weight excluding hydrogens is 304 g/mol. The highest BCUT2D eigenvalue weighted by molar-refractivity contribution is 6.33. The van der Waals surface area contributed by atoms with Crippen molar-refractivity contribution in [2.45, 2.75) is 32.2 Å². The SMILES string of the molecule is Cc1ccc(C(=O)N2CCCC[C@@H]2c2n[nH]c(=O)[nH]2)c(Cl)c1. The lowest BCUT2D eigenvalue weighted by Crippen LogP contribution is -2.39. The number of rotatable bonds is 2. The fraction of sp³-hybridized carbons (Fsp3) is 0.400. The number of benzene rings is 1. The molecule has 3 rings (SSSR count). The number of amides is 1. The molecule has 1 amide bonds. The Bertz CT molecular complexity index is 752. The maximum Gasteiger partial charge on any atom is 0.340 e. The largest absolute Gasteiger partial charge is 0.340 e. The van der Waals surface area contributed by atoms with E-state index in [0.717, 1.165) is 24.8 Å². The van der Waals surface area contributed by atoms with Crippen LogP contribution >= 0.6 is 11.6 Å². The molecule has 22 heavy (non-hydrogen) atoms. The zero-order valence-corrected chi connectivity index (χ0v) is 13.0. The summed E-state index contributed by atoms with van der Waals surface area (Å²) in [5.41, 5.74) is 1.13. The van der Waals surface area contributed by atoms with E-state index in [9.17, 15) is 9.59 Å². The van der Waals surface area contributed by atoms with Gasteiger partial charge < -0.3 is 4.90 Å². The van der Waals surface area contributed by atoms with Crippen LogP contribution in [0.15, 0.2) is 23.0 Å². The summed E-state index contributed by atoms with van der Waals surface area (Å²) in [6, 6.07) is 5.18. The fourth-order valence-electron chi connectivity index (χ4n) is 2.85. The van der Waals surface area contributed by atoms with Crippen molar-refractivity contribution in [3.63, 3.8) is 0 Å². The maximum absolute atomic E-state index is 12.8. The average Bonchev–Trinajstić information content (AvgIpc) is 2.93. The van der Waals surface area contributed by atoms with Crippen LogP contribution in [0.25, 0.3) is 0 Å². The Morgan fingerprint density at radius 2 is 2.23 bits per heavy atom. The molecule has 1 aromatic heterocycles. The molecule has 1 aliphatic heterocycles. The predicted octanol–water partition coefficient (Wildman–Crippen LogP) is 2.43. The van der Waals surface area contributed by atoms with Gasteiger partial charge in [0.1, 0.15) is 0 Å². The number of aryl methyl sites for hydroxylation is 1. The molecule has 1 saturated heterocycles. The van der Waals surface area contributed by atoms with Crippen LogP contribution in [0.5, 0.6) is 0 Å². The molecule has 1 aromatic carbocycles. The topological polar surface area (TPSA) is 81.8 Å². The van der Waals surface area contributed by atoms with Crippen molar-refractivity contribution in [1.82, 2.24) is 20.1 Å². The van der Waals surface area contributed by atoms with E-state index in [1.165, 1.54) is 0 Å². The van der Waals surface area contributed by atoms with Gasteiger partial charge in [0.2, 0.25) is 0 Å². The van der Waals surface area contributed by atoms with Gasteiger partial charge in [-0.25, -0.2) is 9.89 Å². The normalized spacial score (nSPS) is 18.5. The van der Waals surface area contributed by atoms with Crippen LogP contribution in [0.4, 0.5) is 0 Å². The van der Waals surface area contributed by atoms with Crippen molar-refractivity contribution in [2.75, 3.05) is 6.54 Å². The number of hydrogen-bond acceptors (Lipinski definition) is 3. The molecule has 2 aromatic rings. The number of hydrogen-bond donors (Lipinski definition) is 2. The van der Waals surface area contributed by atoms with E-state index >= 15 is 0 Å². The summed E-state index contributed by atoms with van der Waals surface area (Å²) in [7, 11) is 0. The van der Waals surface area contributed by atoms with E-state index in [4.69, 9.17) is 11.6 Å². The standard InChI is InChI=1S/C15H17ClN4O2/c1-9-5-6-10(11(16)8-9)14(21)20-7-3-2-4-12(20)13-17-15(22)19-18-13/h5-6,8,12H,2-4,7H2,1H3,(H2,17,18,19,22)/t12-/m1/s1. The summed E-state index contributed by atoms with van der Waals surface area (Å²) in [5.74, 6) is 0.375. The Balaban J connectivity index is 1.93. The molecule has 0 saturated carbocycles. The zero-order valence-electron chi connectivity index (χ0n) is 12.2. The number of piperidine rings is 1. The fourth-order valence-corrected chi connectivity index (χ4v) is 3.16. The first kappa shape index (κ1) is 14.8. The maximum atomic E-state index is 12.8. The van der Waals surface area contributed by atoms with Gasteiger partial charge in [-0.2, -0.15) is 5.10 Å². The minimum atomic E-state index is -0.360. The van der Waals surface area contributed by atoms with Crippen LogP contribution < -0.4 is 5.69 Å². The molecule has 116 valence electrons. The summed E-state index contributed by atoms with van der Waals surface area (Å²) in [6.45, 7) is 2.56. The first-order valence-electron chi connectivity index (χ1n) is 7.28. The highest BCUT2D eigenvalue weighted by atomic mass is 35.5. The van der Waals surface area contributed by atoms with Crippen molar-refractivity contribution < 1.29 is 4.79 Å². The van der Waals surface area contributed by atoms with Gasteiger partial charge >= 0.3 is 5.69 Å². The summed E-state index contributed by atoms with van der Waals surface area (Å²) in [6.07, 6.45) is 2.70. The van der Waals surface area contributed by atoms with Crippen molar-refractivity contribution in [3.05, 3.63) is 50.7 Å². The molecule has 1 fully saturated rings. The Kier molecular flexibility index (Phi) is 4.02. The summed E-state index contributed by atoms with van der Waals surface area (Å²) in [4.78, 5) is 28.5. The van der Waals surface area contributed by atoms with Crippen LogP contribution in [0.1, 0.15) is 47.1 Å². The van der Waals surface area contributed by atoms with Crippen molar-refractivity contribution >= 4 is 17.5 Å². The molecule has 0 spiro atoms. The van der Waals surface area contributed by atoms with E-state index in [2.05, 4.69) is 15.2 Å². The third-order valence-electron chi connectivity index (χ3n) is 3.95. The first-order chi connectivity index (χ1) is 10.6. The second-order valence-corrected chi connectivity index (χ2v) is 5.96. The Morgan fingerprint density at radius 3 is 2.91 bits per heavy atom. The summed E-state index contributed by atoms with van der Waals surface area (Å²) >= 11 is 6.21. The quantitative estimate of drug-likeness (QED) is 0.891. The van der Waals surface area contributed by atoms with Crippen LogP contribution in [0.3, 0.4) is 0 Å². The van der Waals surface area contributed by atoms with Crippen molar-refractivity contribution in [3.8, 4) is 0 Å². The molecule has 0 unspecified atom stereocenters. The monoisotopic (exact) mass is 320 g/mol. The van der Waals surface area contributed by atoms with Gasteiger partial charge in [-0.3, -0.25) is 9.78 Å². The number of carbonyl (C=O) groups excluding carboxylic acids is 1. The number of carbonyl (C=O) groups is 1. The first-order valence-corrected chi connectivity index (χ1v) is 7.66. The summed E-state index contributed by atoms with van der Waals surface area (Å²) in [5, 5.41) is 6.79. The summed E-state index contributed by atoms with van der Waals surface area (Å²) < 4.78 is 0. The smallest absolute Gasteiger partial charge is 0.328 e. The molecule has 1 aliphatic rings. The van der Waals surface area contributed by atoms with Crippen LogP contribution in [0, 0.1) is 6.92 Å². The minimum Gasteiger partial charge on any atom is -0.328 e. The van der Waals surface area contributed by atoms with Crippen LogP contribution in [-0.2, 0) is 0 Å². The average molecular weight is 321 g/mol. The van der Waals surface area contributed by atoms with Crippen molar-refractivity contribution in [1.29, 1.82) is 0 Å². The van der Waals surface area contributed by atoms with Gasteiger partial charge in [0.25, 0.3) is 5.91 Å².